The van der Waals surface area contributed by atoms with E-state index in [0.717, 1.165) is 26.2 Å². The molecule has 1 unspecified atom stereocenters. The zero-order valence-corrected chi connectivity index (χ0v) is 10.7. The average molecular weight is 227 g/mol. The van der Waals surface area contributed by atoms with Crippen LogP contribution in [0, 0.1) is 6.92 Å². The van der Waals surface area contributed by atoms with Gasteiger partial charge in [0.25, 0.3) is 0 Å². The molecule has 0 aliphatic rings. The molecule has 0 aliphatic carbocycles. The van der Waals surface area contributed by atoms with E-state index < -0.39 is 0 Å². The Kier molecular flexibility index (Phi) is 5.91. The standard InChI is InChI=1S/C12H21NOS/c1-4-6-13-12(8-14-5-2)11-7-10(3)15-9-11/h7,9,12-13H,4-6,8H2,1-3H3. The molecule has 1 aromatic heterocycles. The third-order valence-electron chi connectivity index (χ3n) is 2.28. The maximum absolute atomic E-state index is 5.50. The second-order valence-corrected chi connectivity index (χ2v) is 4.77. The third-order valence-corrected chi connectivity index (χ3v) is 3.16. The van der Waals surface area contributed by atoms with Crippen molar-refractivity contribution in [2.24, 2.45) is 0 Å². The summed E-state index contributed by atoms with van der Waals surface area (Å²) >= 11 is 1.80. The number of hydrogen-bond donors (Lipinski definition) is 1. The smallest absolute Gasteiger partial charge is 0.0661 e. The molecule has 0 spiro atoms. The zero-order chi connectivity index (χ0) is 11.1. The third kappa shape index (κ3) is 4.33. The maximum atomic E-state index is 5.50. The number of nitrogens with one attached hydrogen (secondary N) is 1. The highest BCUT2D eigenvalue weighted by atomic mass is 32.1. The van der Waals surface area contributed by atoms with Crippen molar-refractivity contribution in [1.82, 2.24) is 5.32 Å². The monoisotopic (exact) mass is 227 g/mol. The Morgan fingerprint density at radius 2 is 2.27 bits per heavy atom. The Balaban J connectivity index is 2.54. The molecule has 1 heterocycles. The van der Waals surface area contributed by atoms with Gasteiger partial charge in [-0.3, -0.25) is 0 Å². The summed E-state index contributed by atoms with van der Waals surface area (Å²) < 4.78 is 5.50. The minimum absolute atomic E-state index is 0.356. The Morgan fingerprint density at radius 1 is 1.47 bits per heavy atom. The van der Waals surface area contributed by atoms with E-state index in [1.165, 1.54) is 10.4 Å². The van der Waals surface area contributed by atoms with Gasteiger partial charge in [-0.25, -0.2) is 0 Å². The van der Waals surface area contributed by atoms with Crippen LogP contribution in [0.15, 0.2) is 11.4 Å². The van der Waals surface area contributed by atoms with Crippen molar-refractivity contribution in [3.63, 3.8) is 0 Å². The van der Waals surface area contributed by atoms with E-state index in [0.29, 0.717) is 6.04 Å². The summed E-state index contributed by atoms with van der Waals surface area (Å²) in [5.41, 5.74) is 1.36. The predicted octanol–water partition coefficient (Wildman–Crippen LogP) is 3.13. The van der Waals surface area contributed by atoms with Crippen molar-refractivity contribution >= 4 is 11.3 Å². The normalized spacial score (nSPS) is 13.0. The van der Waals surface area contributed by atoms with Crippen LogP contribution in [-0.2, 0) is 4.74 Å². The van der Waals surface area contributed by atoms with Crippen molar-refractivity contribution < 1.29 is 4.74 Å². The quantitative estimate of drug-likeness (QED) is 0.772. The summed E-state index contributed by atoms with van der Waals surface area (Å²) in [4.78, 5) is 1.37. The van der Waals surface area contributed by atoms with Gasteiger partial charge in [-0.1, -0.05) is 6.92 Å². The minimum atomic E-state index is 0.356. The Hall–Kier alpha value is -0.380. The van der Waals surface area contributed by atoms with Gasteiger partial charge in [0.2, 0.25) is 0 Å². The second kappa shape index (κ2) is 6.99. The summed E-state index contributed by atoms with van der Waals surface area (Å²) in [7, 11) is 0. The molecule has 1 N–H and O–H groups in total. The first-order chi connectivity index (χ1) is 7.27. The molecule has 0 saturated heterocycles. The first-order valence-corrected chi connectivity index (χ1v) is 6.52. The molecule has 0 aromatic carbocycles. The average Bonchev–Trinajstić information content (AvgIpc) is 2.65. The SMILES string of the molecule is CCCNC(COCC)c1csc(C)c1. The van der Waals surface area contributed by atoms with Crippen LogP contribution in [0.25, 0.3) is 0 Å². The molecule has 3 heteroatoms. The summed E-state index contributed by atoms with van der Waals surface area (Å²) in [6.07, 6.45) is 1.16. The first-order valence-electron chi connectivity index (χ1n) is 5.64. The number of aryl methyl sites for hydroxylation is 1. The number of ether oxygens (including phenoxy) is 1. The van der Waals surface area contributed by atoms with E-state index in [4.69, 9.17) is 4.74 Å². The van der Waals surface area contributed by atoms with Gasteiger partial charge >= 0.3 is 0 Å². The van der Waals surface area contributed by atoms with Crippen LogP contribution in [-0.4, -0.2) is 19.8 Å². The lowest BCUT2D eigenvalue weighted by atomic mass is 10.1. The lowest BCUT2D eigenvalue weighted by Gasteiger charge is -2.17. The van der Waals surface area contributed by atoms with E-state index in [1.807, 2.05) is 6.92 Å². The maximum Gasteiger partial charge on any atom is 0.0661 e. The summed E-state index contributed by atoms with van der Waals surface area (Å²) in [5, 5.41) is 5.74. The molecule has 0 aliphatic heterocycles. The summed E-state index contributed by atoms with van der Waals surface area (Å²) in [6, 6.07) is 2.60. The number of rotatable bonds is 7. The number of hydrogen-bond acceptors (Lipinski definition) is 3. The lowest BCUT2D eigenvalue weighted by molar-refractivity contribution is 0.123. The second-order valence-electron chi connectivity index (χ2n) is 3.66. The largest absolute Gasteiger partial charge is 0.380 e. The topological polar surface area (TPSA) is 21.3 Å². The minimum Gasteiger partial charge on any atom is -0.380 e. The molecule has 1 rings (SSSR count). The molecule has 0 bridgehead atoms. The van der Waals surface area contributed by atoms with E-state index in [-0.39, 0.29) is 0 Å². The van der Waals surface area contributed by atoms with Crippen molar-refractivity contribution in [3.05, 3.63) is 21.9 Å². The van der Waals surface area contributed by atoms with Gasteiger partial charge in [0, 0.05) is 11.5 Å². The number of thiophene rings is 1. The molecule has 0 radical (unpaired) electrons. The van der Waals surface area contributed by atoms with E-state index in [2.05, 4.69) is 30.6 Å². The highest BCUT2D eigenvalue weighted by Gasteiger charge is 2.11. The van der Waals surface area contributed by atoms with Gasteiger partial charge in [0.05, 0.1) is 12.6 Å². The first kappa shape index (κ1) is 12.7. The molecule has 0 fully saturated rings. The summed E-state index contributed by atoms with van der Waals surface area (Å²) in [5.74, 6) is 0. The van der Waals surface area contributed by atoms with Crippen LogP contribution in [0.5, 0.6) is 0 Å². The summed E-state index contributed by atoms with van der Waals surface area (Å²) in [6.45, 7) is 8.97. The molecule has 2 nitrogen and oxygen atoms in total. The lowest BCUT2D eigenvalue weighted by Crippen LogP contribution is -2.26. The molecule has 0 amide bonds. The van der Waals surface area contributed by atoms with Gasteiger partial charge in [-0.05, 0) is 43.8 Å². The highest BCUT2D eigenvalue weighted by Crippen LogP contribution is 2.20. The Labute approximate surface area is 96.7 Å². The van der Waals surface area contributed by atoms with E-state index in [9.17, 15) is 0 Å². The van der Waals surface area contributed by atoms with Crippen LogP contribution in [0.2, 0.25) is 0 Å². The Morgan fingerprint density at radius 3 is 2.80 bits per heavy atom. The van der Waals surface area contributed by atoms with Gasteiger partial charge in [-0.2, -0.15) is 0 Å². The van der Waals surface area contributed by atoms with Crippen LogP contribution >= 0.6 is 11.3 Å². The molecule has 1 atom stereocenters. The van der Waals surface area contributed by atoms with Crippen LogP contribution < -0.4 is 5.32 Å². The molecular weight excluding hydrogens is 206 g/mol. The van der Waals surface area contributed by atoms with Gasteiger partial charge in [0.1, 0.15) is 0 Å². The predicted molar refractivity (Wildman–Crippen MR) is 66.6 cm³/mol. The van der Waals surface area contributed by atoms with Crippen molar-refractivity contribution in [2.45, 2.75) is 33.2 Å². The molecular formula is C12H21NOS. The fourth-order valence-electron chi connectivity index (χ4n) is 1.47. The van der Waals surface area contributed by atoms with Crippen molar-refractivity contribution in [1.29, 1.82) is 0 Å². The highest BCUT2D eigenvalue weighted by molar-refractivity contribution is 7.10. The van der Waals surface area contributed by atoms with Crippen LogP contribution in [0.1, 0.15) is 36.8 Å². The van der Waals surface area contributed by atoms with Gasteiger partial charge in [0.15, 0.2) is 0 Å². The Bertz CT molecular complexity index is 264. The van der Waals surface area contributed by atoms with E-state index >= 15 is 0 Å². The molecule has 1 aromatic rings. The van der Waals surface area contributed by atoms with Crippen LogP contribution in [0.3, 0.4) is 0 Å². The fourth-order valence-corrected chi connectivity index (χ4v) is 2.23. The van der Waals surface area contributed by atoms with Gasteiger partial charge in [-0.15, -0.1) is 11.3 Å². The van der Waals surface area contributed by atoms with E-state index in [1.54, 1.807) is 11.3 Å². The molecule has 86 valence electrons. The molecule has 15 heavy (non-hydrogen) atoms. The fraction of sp³-hybridized carbons (Fsp3) is 0.667. The van der Waals surface area contributed by atoms with Crippen molar-refractivity contribution in [2.75, 3.05) is 19.8 Å². The van der Waals surface area contributed by atoms with Crippen LogP contribution in [0.4, 0.5) is 0 Å². The zero-order valence-electron chi connectivity index (χ0n) is 9.88. The van der Waals surface area contributed by atoms with Gasteiger partial charge < -0.3 is 10.1 Å². The molecule has 0 saturated carbocycles. The van der Waals surface area contributed by atoms with Crippen molar-refractivity contribution in [3.8, 4) is 0 Å².